The summed E-state index contributed by atoms with van der Waals surface area (Å²) >= 11 is 0. The van der Waals surface area contributed by atoms with Crippen LogP contribution in [0.25, 0.3) is 72.9 Å². The van der Waals surface area contributed by atoms with E-state index in [0.29, 0.717) is 0 Å². The largest absolute Gasteiger partial charge is 0.292 e. The molecule has 242 valence electrons. The van der Waals surface area contributed by atoms with Crippen molar-refractivity contribution in [3.05, 3.63) is 210 Å². The first-order valence-corrected chi connectivity index (χ1v) is 17.8. The molecule has 0 amide bonds. The van der Waals surface area contributed by atoms with Crippen LogP contribution >= 0.6 is 0 Å². The van der Waals surface area contributed by atoms with Crippen LogP contribution in [0.2, 0.25) is 0 Å². The molecule has 1 spiro atoms. The molecule has 11 rings (SSSR count). The monoisotopic (exact) mass is 661 g/mol. The maximum atomic E-state index is 5.43. The number of benzene rings is 7. The van der Waals surface area contributed by atoms with Gasteiger partial charge in [-0.25, -0.2) is 9.97 Å². The molecule has 0 saturated carbocycles. The zero-order valence-electron chi connectivity index (χ0n) is 28.2. The van der Waals surface area contributed by atoms with Crippen LogP contribution in [-0.4, -0.2) is 14.5 Å². The Hall–Kier alpha value is -6.84. The van der Waals surface area contributed by atoms with E-state index >= 15 is 0 Å². The molecule has 0 fully saturated rings. The first-order chi connectivity index (χ1) is 25.8. The normalized spacial score (nSPS) is 15.0. The van der Waals surface area contributed by atoms with Crippen LogP contribution in [0.15, 0.2) is 188 Å². The van der Waals surface area contributed by atoms with Crippen molar-refractivity contribution in [3.8, 4) is 61.8 Å². The standard InChI is InChI=1S/C49H31N3/c1-4-16-32(17-5-1)35-30-43(33-18-6-2-7-19-33)50-44(31-35)37-23-14-26-40-46(37)36-22-10-11-24-38(36)49(40)39-25-12-13-29-45(39)52-47-41(49)27-15-28-42(47)51-48(52)34-20-8-3-9-21-34/h1-31H. The molecule has 9 aromatic rings. The van der Waals surface area contributed by atoms with E-state index in [2.05, 4.69) is 193 Å². The number of nitrogens with zero attached hydrogens (tertiary/aromatic N) is 3. The summed E-state index contributed by atoms with van der Waals surface area (Å²) in [4.78, 5) is 10.7. The highest BCUT2D eigenvalue weighted by Gasteiger charge is 2.51. The van der Waals surface area contributed by atoms with E-state index in [9.17, 15) is 0 Å². The number of hydrogen-bond donors (Lipinski definition) is 0. The predicted molar refractivity (Wildman–Crippen MR) is 211 cm³/mol. The zero-order valence-corrected chi connectivity index (χ0v) is 28.2. The van der Waals surface area contributed by atoms with Crippen molar-refractivity contribution in [1.29, 1.82) is 0 Å². The van der Waals surface area contributed by atoms with Gasteiger partial charge in [0.15, 0.2) is 0 Å². The van der Waals surface area contributed by atoms with E-state index in [1.54, 1.807) is 0 Å². The average molecular weight is 662 g/mol. The second kappa shape index (κ2) is 11.1. The van der Waals surface area contributed by atoms with Crippen LogP contribution < -0.4 is 0 Å². The van der Waals surface area contributed by atoms with Gasteiger partial charge in [0, 0.05) is 16.7 Å². The predicted octanol–water partition coefficient (Wildman–Crippen LogP) is 11.8. The second-order valence-electron chi connectivity index (χ2n) is 13.7. The van der Waals surface area contributed by atoms with Gasteiger partial charge in [-0.3, -0.25) is 4.57 Å². The average Bonchev–Trinajstić information content (AvgIpc) is 3.76. The molecule has 7 aromatic carbocycles. The second-order valence-corrected chi connectivity index (χ2v) is 13.7. The van der Waals surface area contributed by atoms with E-state index in [4.69, 9.17) is 9.97 Å². The van der Waals surface area contributed by atoms with Crippen molar-refractivity contribution in [2.75, 3.05) is 0 Å². The Bertz CT molecular complexity index is 2780. The third-order valence-electron chi connectivity index (χ3n) is 11.0. The summed E-state index contributed by atoms with van der Waals surface area (Å²) in [6.07, 6.45) is 0. The van der Waals surface area contributed by atoms with Gasteiger partial charge in [-0.15, -0.1) is 0 Å². The van der Waals surface area contributed by atoms with Gasteiger partial charge in [-0.1, -0.05) is 164 Å². The van der Waals surface area contributed by atoms with Crippen LogP contribution in [0.1, 0.15) is 22.3 Å². The highest BCUT2D eigenvalue weighted by atomic mass is 15.1. The third kappa shape index (κ3) is 3.96. The van der Waals surface area contributed by atoms with Gasteiger partial charge in [0.2, 0.25) is 0 Å². The fraction of sp³-hybridized carbons (Fsp3) is 0.0204. The lowest BCUT2D eigenvalue weighted by molar-refractivity contribution is 0.746. The van der Waals surface area contributed by atoms with Crippen molar-refractivity contribution < 1.29 is 0 Å². The minimum absolute atomic E-state index is 0.554. The van der Waals surface area contributed by atoms with Crippen molar-refractivity contribution >= 4 is 11.0 Å². The topological polar surface area (TPSA) is 30.7 Å². The first-order valence-electron chi connectivity index (χ1n) is 17.8. The van der Waals surface area contributed by atoms with Crippen molar-refractivity contribution in [2.45, 2.75) is 5.41 Å². The molecule has 2 aliphatic rings. The van der Waals surface area contributed by atoms with Crippen molar-refractivity contribution in [2.24, 2.45) is 0 Å². The fourth-order valence-corrected chi connectivity index (χ4v) is 8.92. The Morgan fingerprint density at radius 1 is 0.385 bits per heavy atom. The van der Waals surface area contributed by atoms with Gasteiger partial charge in [-0.2, -0.15) is 0 Å². The Balaban J connectivity index is 1.24. The Morgan fingerprint density at radius 3 is 1.75 bits per heavy atom. The van der Waals surface area contributed by atoms with Crippen LogP contribution in [0.3, 0.4) is 0 Å². The van der Waals surface area contributed by atoms with Crippen LogP contribution in [0.5, 0.6) is 0 Å². The number of pyridine rings is 1. The zero-order chi connectivity index (χ0) is 34.2. The van der Waals surface area contributed by atoms with Crippen LogP contribution in [-0.2, 0) is 5.41 Å². The molecule has 1 aliphatic heterocycles. The van der Waals surface area contributed by atoms with E-state index in [1.807, 2.05) is 0 Å². The molecule has 0 N–H and O–H groups in total. The smallest absolute Gasteiger partial charge is 0.145 e. The summed E-state index contributed by atoms with van der Waals surface area (Å²) in [7, 11) is 0. The van der Waals surface area contributed by atoms with Gasteiger partial charge in [0.25, 0.3) is 0 Å². The molecule has 0 bridgehead atoms. The summed E-state index contributed by atoms with van der Waals surface area (Å²) < 4.78 is 2.39. The summed E-state index contributed by atoms with van der Waals surface area (Å²) in [6, 6.07) is 67.6. The number of imidazole rings is 1. The summed E-state index contributed by atoms with van der Waals surface area (Å²) in [6.45, 7) is 0. The minimum Gasteiger partial charge on any atom is -0.292 e. The van der Waals surface area contributed by atoms with Gasteiger partial charge in [0.1, 0.15) is 5.82 Å². The van der Waals surface area contributed by atoms with E-state index in [-0.39, 0.29) is 0 Å². The summed E-state index contributed by atoms with van der Waals surface area (Å²) in [5.41, 5.74) is 17.9. The number of aromatic nitrogens is 3. The number of fused-ring (bicyclic) bond motifs is 9. The van der Waals surface area contributed by atoms with E-state index in [1.165, 1.54) is 38.9 Å². The molecule has 0 radical (unpaired) electrons. The number of para-hydroxylation sites is 2. The molecule has 2 aromatic heterocycles. The lowest BCUT2D eigenvalue weighted by atomic mass is 9.65. The van der Waals surface area contributed by atoms with Crippen LogP contribution in [0.4, 0.5) is 0 Å². The molecule has 1 atom stereocenters. The SMILES string of the molecule is c1ccc(-c2cc(-c3ccccc3)nc(-c3cccc4c3-c3ccccc3C43c4ccccc4-n4c(-c5ccccc5)nc5cccc3c54)c2)cc1. The lowest BCUT2D eigenvalue weighted by Gasteiger charge is -2.39. The third-order valence-corrected chi connectivity index (χ3v) is 11.0. The minimum atomic E-state index is -0.554. The van der Waals surface area contributed by atoms with E-state index < -0.39 is 5.41 Å². The Labute approximate surface area is 302 Å². The maximum absolute atomic E-state index is 5.43. The molecule has 3 nitrogen and oxygen atoms in total. The maximum Gasteiger partial charge on any atom is 0.145 e. The highest BCUT2D eigenvalue weighted by molar-refractivity contribution is 6.01. The van der Waals surface area contributed by atoms with E-state index in [0.717, 1.165) is 56.2 Å². The molecule has 1 unspecified atom stereocenters. The number of rotatable bonds is 4. The summed E-state index contributed by atoms with van der Waals surface area (Å²) in [5.74, 6) is 0.959. The lowest BCUT2D eigenvalue weighted by Crippen LogP contribution is -2.33. The molecule has 0 saturated heterocycles. The Morgan fingerprint density at radius 2 is 0.962 bits per heavy atom. The first kappa shape index (κ1) is 28.9. The summed E-state index contributed by atoms with van der Waals surface area (Å²) in [5, 5.41) is 0. The molecule has 3 heteroatoms. The molecular formula is C49H31N3. The molecular weight excluding hydrogens is 631 g/mol. The van der Waals surface area contributed by atoms with Crippen LogP contribution in [0, 0.1) is 0 Å². The molecule has 52 heavy (non-hydrogen) atoms. The highest BCUT2D eigenvalue weighted by Crippen LogP contribution is 2.62. The van der Waals surface area contributed by atoms with Gasteiger partial charge < -0.3 is 0 Å². The van der Waals surface area contributed by atoms with Gasteiger partial charge in [-0.05, 0) is 68.8 Å². The molecule has 1 aliphatic carbocycles. The molecule has 3 heterocycles. The van der Waals surface area contributed by atoms with Gasteiger partial charge >= 0.3 is 0 Å². The quantitative estimate of drug-likeness (QED) is 0.188. The number of hydrogen-bond acceptors (Lipinski definition) is 2. The fourth-order valence-electron chi connectivity index (χ4n) is 8.92. The van der Waals surface area contributed by atoms with Crippen molar-refractivity contribution in [1.82, 2.24) is 14.5 Å². The Kier molecular flexibility index (Phi) is 6.17. The van der Waals surface area contributed by atoms with Gasteiger partial charge in [0.05, 0.1) is 33.5 Å². The van der Waals surface area contributed by atoms with Crippen molar-refractivity contribution in [3.63, 3.8) is 0 Å².